The average Bonchev–Trinajstić information content (AvgIpc) is 2.03. The number of aromatic nitrogens is 1. The van der Waals surface area contributed by atoms with Gasteiger partial charge in [-0.3, -0.25) is 0 Å². The summed E-state index contributed by atoms with van der Waals surface area (Å²) in [5.74, 6) is -1.07. The van der Waals surface area contributed by atoms with Crippen molar-refractivity contribution in [2.24, 2.45) is 0 Å². The second-order valence-electron chi connectivity index (χ2n) is 2.64. The first-order valence-corrected chi connectivity index (χ1v) is 3.69. The summed E-state index contributed by atoms with van der Waals surface area (Å²) in [5.41, 5.74) is 0.504. The minimum Gasteiger partial charge on any atom is -0.477 e. The highest BCUT2D eigenvalue weighted by molar-refractivity contribution is 5.85. The zero-order valence-electron chi connectivity index (χ0n) is 7.14. The monoisotopic (exact) mass is 182 g/mol. The first-order valence-electron chi connectivity index (χ1n) is 3.69. The smallest absolute Gasteiger partial charge is 0.354 e. The van der Waals surface area contributed by atoms with Crippen molar-refractivity contribution >= 4 is 5.97 Å². The van der Waals surface area contributed by atoms with E-state index in [1.54, 1.807) is 12.1 Å². The summed E-state index contributed by atoms with van der Waals surface area (Å²) in [6, 6.07) is 4.65. The Morgan fingerprint density at radius 3 is 2.85 bits per heavy atom. The molecule has 0 amide bonds. The number of rotatable bonds is 3. The van der Waals surface area contributed by atoms with Crippen molar-refractivity contribution in [3.05, 3.63) is 29.6 Å². The molecule has 0 radical (unpaired) electrons. The minimum atomic E-state index is -1.07. The van der Waals surface area contributed by atoms with Crippen molar-refractivity contribution in [1.29, 1.82) is 0 Å². The van der Waals surface area contributed by atoms with E-state index in [-0.39, 0.29) is 12.2 Å². The van der Waals surface area contributed by atoms with Gasteiger partial charge in [0.25, 0.3) is 0 Å². The first kappa shape index (κ1) is 9.63. The highest BCUT2D eigenvalue weighted by Gasteiger charge is 2.05. The van der Waals surface area contributed by atoms with E-state index in [2.05, 4.69) is 4.98 Å². The van der Waals surface area contributed by atoms with Gasteiger partial charge in [0.1, 0.15) is 5.69 Å². The molecule has 1 aromatic heterocycles. The molecule has 1 rings (SSSR count). The Kier molecular flexibility index (Phi) is 2.94. The summed E-state index contributed by atoms with van der Waals surface area (Å²) in [6.07, 6.45) is 0. The van der Waals surface area contributed by atoms with E-state index >= 15 is 0 Å². The lowest BCUT2D eigenvalue weighted by atomic mass is 10.3. The minimum absolute atomic E-state index is 0.0145. The van der Waals surface area contributed by atoms with Crippen molar-refractivity contribution in [3.8, 4) is 0 Å². The molecule has 0 saturated heterocycles. The molecule has 0 fully saturated rings. The Bertz CT molecular complexity index is 312. The van der Waals surface area contributed by atoms with Crippen LogP contribution >= 0.6 is 0 Å². The fourth-order valence-corrected chi connectivity index (χ4v) is 0.921. The van der Waals surface area contributed by atoms with Crippen LogP contribution in [-0.4, -0.2) is 33.4 Å². The van der Waals surface area contributed by atoms with Crippen LogP contribution < -0.4 is 0 Å². The molecule has 0 spiro atoms. The van der Waals surface area contributed by atoms with Crippen LogP contribution in [0.4, 0.5) is 0 Å². The van der Waals surface area contributed by atoms with Crippen LogP contribution in [-0.2, 0) is 6.54 Å². The van der Waals surface area contributed by atoms with Crippen molar-refractivity contribution in [3.63, 3.8) is 0 Å². The van der Waals surface area contributed by atoms with Crippen LogP contribution in [0.15, 0.2) is 18.2 Å². The van der Waals surface area contributed by atoms with Gasteiger partial charge in [-0.1, -0.05) is 6.07 Å². The molecular weight excluding hydrogens is 172 g/mol. The van der Waals surface area contributed by atoms with Gasteiger partial charge >= 0.3 is 5.97 Å². The normalized spacial score (nSPS) is 10.4. The number of carboxylic acid groups (broad SMARTS) is 1. The molecule has 0 saturated carbocycles. The van der Waals surface area contributed by atoms with Gasteiger partial charge in [-0.15, -0.1) is 0 Å². The van der Waals surface area contributed by atoms with Gasteiger partial charge in [0, 0.05) is 7.05 Å². The topological polar surface area (TPSA) is 73.7 Å². The second kappa shape index (κ2) is 3.97. The fraction of sp³-hybridized carbons (Fsp3) is 0.250. The number of nitrogens with zero attached hydrogens (tertiary/aromatic N) is 2. The summed E-state index contributed by atoms with van der Waals surface area (Å²) >= 11 is 0. The van der Waals surface area contributed by atoms with E-state index in [1.165, 1.54) is 13.1 Å². The number of hydroxylamine groups is 2. The zero-order valence-corrected chi connectivity index (χ0v) is 7.14. The number of hydrogen-bond acceptors (Lipinski definition) is 4. The maximum Gasteiger partial charge on any atom is 0.354 e. The third kappa shape index (κ3) is 2.81. The second-order valence-corrected chi connectivity index (χ2v) is 2.64. The molecule has 0 aromatic carbocycles. The summed E-state index contributed by atoms with van der Waals surface area (Å²) < 4.78 is 0. The van der Waals surface area contributed by atoms with Crippen LogP contribution in [0.3, 0.4) is 0 Å². The van der Waals surface area contributed by atoms with Crippen LogP contribution in [0.25, 0.3) is 0 Å². The lowest BCUT2D eigenvalue weighted by Crippen LogP contribution is -2.14. The Hall–Kier alpha value is -1.46. The van der Waals surface area contributed by atoms with E-state index in [1.807, 2.05) is 0 Å². The predicted octanol–water partition coefficient (Wildman–Crippen LogP) is 0.601. The van der Waals surface area contributed by atoms with E-state index in [4.69, 9.17) is 10.3 Å². The molecule has 5 heteroatoms. The van der Waals surface area contributed by atoms with Gasteiger partial charge in [-0.2, -0.15) is 5.06 Å². The third-order valence-electron chi connectivity index (χ3n) is 1.42. The standard InChI is InChI=1S/C8H10N2O3/c1-10(13)5-6-3-2-4-7(9-6)8(11)12/h2-4,13H,5H2,1H3,(H,11,12). The molecule has 1 aromatic rings. The van der Waals surface area contributed by atoms with Gasteiger partial charge in [-0.25, -0.2) is 9.78 Å². The van der Waals surface area contributed by atoms with E-state index < -0.39 is 5.97 Å². The third-order valence-corrected chi connectivity index (χ3v) is 1.42. The largest absolute Gasteiger partial charge is 0.477 e. The van der Waals surface area contributed by atoms with Gasteiger partial charge in [0.15, 0.2) is 0 Å². The predicted molar refractivity (Wildman–Crippen MR) is 44.4 cm³/mol. The maximum absolute atomic E-state index is 10.5. The van der Waals surface area contributed by atoms with E-state index in [0.29, 0.717) is 5.69 Å². The van der Waals surface area contributed by atoms with Gasteiger partial charge in [0.05, 0.1) is 12.2 Å². The van der Waals surface area contributed by atoms with Crippen molar-refractivity contribution < 1.29 is 15.1 Å². The molecule has 0 bridgehead atoms. The molecule has 13 heavy (non-hydrogen) atoms. The highest BCUT2D eigenvalue weighted by atomic mass is 16.5. The van der Waals surface area contributed by atoms with Crippen LogP contribution in [0, 0.1) is 0 Å². The fourth-order valence-electron chi connectivity index (χ4n) is 0.921. The summed E-state index contributed by atoms with van der Waals surface area (Å²) in [7, 11) is 1.47. The zero-order chi connectivity index (χ0) is 9.84. The summed E-state index contributed by atoms with van der Waals surface area (Å²) in [6.45, 7) is 0.209. The van der Waals surface area contributed by atoms with E-state index in [0.717, 1.165) is 5.06 Å². The molecule has 0 aliphatic rings. The lowest BCUT2D eigenvalue weighted by molar-refractivity contribution is -0.0741. The number of hydrogen-bond donors (Lipinski definition) is 2. The van der Waals surface area contributed by atoms with Crippen LogP contribution in [0.1, 0.15) is 16.2 Å². The lowest BCUT2D eigenvalue weighted by Gasteiger charge is -2.06. The van der Waals surface area contributed by atoms with Crippen LogP contribution in [0.2, 0.25) is 0 Å². The number of pyridine rings is 1. The summed E-state index contributed by atoms with van der Waals surface area (Å²) in [4.78, 5) is 14.3. The molecule has 1 heterocycles. The number of aromatic carboxylic acids is 1. The Balaban J connectivity index is 2.85. The molecular formula is C8H10N2O3. The Labute approximate surface area is 75.2 Å². The SMILES string of the molecule is CN(O)Cc1cccc(C(=O)O)n1. The molecule has 70 valence electrons. The molecule has 0 aliphatic heterocycles. The average molecular weight is 182 g/mol. The molecule has 2 N–H and O–H groups in total. The van der Waals surface area contributed by atoms with Crippen LogP contribution in [0.5, 0.6) is 0 Å². The highest BCUT2D eigenvalue weighted by Crippen LogP contribution is 2.01. The van der Waals surface area contributed by atoms with Gasteiger partial charge < -0.3 is 10.3 Å². The molecule has 0 aliphatic carbocycles. The van der Waals surface area contributed by atoms with Crippen molar-refractivity contribution in [2.75, 3.05) is 7.05 Å². The van der Waals surface area contributed by atoms with Crippen molar-refractivity contribution in [2.45, 2.75) is 6.54 Å². The maximum atomic E-state index is 10.5. The number of carbonyl (C=O) groups is 1. The Morgan fingerprint density at radius 1 is 1.62 bits per heavy atom. The van der Waals surface area contributed by atoms with Gasteiger partial charge in [-0.05, 0) is 12.1 Å². The van der Waals surface area contributed by atoms with Crippen molar-refractivity contribution in [1.82, 2.24) is 10.0 Å². The quantitative estimate of drug-likeness (QED) is 0.669. The molecule has 5 nitrogen and oxygen atoms in total. The van der Waals surface area contributed by atoms with Gasteiger partial charge in [0.2, 0.25) is 0 Å². The molecule has 0 unspecified atom stereocenters. The van der Waals surface area contributed by atoms with E-state index in [9.17, 15) is 4.79 Å². The number of carboxylic acids is 1. The molecule has 0 atom stereocenters. The summed E-state index contributed by atoms with van der Waals surface area (Å²) in [5, 5.41) is 18.4. The first-order chi connectivity index (χ1) is 6.09. The Morgan fingerprint density at radius 2 is 2.31 bits per heavy atom.